The van der Waals surface area contributed by atoms with E-state index in [-0.39, 0.29) is 11.6 Å². The quantitative estimate of drug-likeness (QED) is 0.788. The number of rotatable bonds is 4. The number of hydrogen-bond donors (Lipinski definition) is 2. The molecule has 118 valence electrons. The zero-order valence-electron chi connectivity index (χ0n) is 11.8. The maximum atomic E-state index is 11.7. The predicted molar refractivity (Wildman–Crippen MR) is 81.1 cm³/mol. The highest BCUT2D eigenvalue weighted by molar-refractivity contribution is 9.10. The summed E-state index contributed by atoms with van der Waals surface area (Å²) < 4.78 is 5.45. The van der Waals surface area contributed by atoms with Gasteiger partial charge in [-0.3, -0.25) is 15.1 Å². The van der Waals surface area contributed by atoms with Crippen molar-refractivity contribution < 1.29 is 19.1 Å². The molecular formula is C14H16BrN3O4. The van der Waals surface area contributed by atoms with Crippen LogP contribution in [0.4, 0.5) is 4.79 Å². The number of imide groups is 1. The van der Waals surface area contributed by atoms with Crippen molar-refractivity contribution in [2.75, 3.05) is 6.61 Å². The van der Waals surface area contributed by atoms with E-state index in [1.165, 1.54) is 18.5 Å². The van der Waals surface area contributed by atoms with Crippen LogP contribution in [-0.4, -0.2) is 35.5 Å². The van der Waals surface area contributed by atoms with Gasteiger partial charge >= 0.3 is 12.0 Å². The third-order valence-corrected chi connectivity index (χ3v) is 3.65. The van der Waals surface area contributed by atoms with Gasteiger partial charge in [-0.1, -0.05) is 12.8 Å². The van der Waals surface area contributed by atoms with E-state index in [0.717, 1.165) is 25.7 Å². The second-order valence-corrected chi connectivity index (χ2v) is 5.89. The fourth-order valence-corrected chi connectivity index (χ4v) is 2.56. The Labute approximate surface area is 135 Å². The van der Waals surface area contributed by atoms with Crippen LogP contribution < -0.4 is 10.6 Å². The number of urea groups is 1. The molecule has 22 heavy (non-hydrogen) atoms. The van der Waals surface area contributed by atoms with Crippen LogP contribution in [0.1, 0.15) is 36.0 Å². The fourth-order valence-electron chi connectivity index (χ4n) is 2.19. The molecule has 1 aliphatic carbocycles. The first kappa shape index (κ1) is 16.4. The number of halogens is 1. The van der Waals surface area contributed by atoms with E-state index in [2.05, 4.69) is 31.5 Å². The molecule has 8 heteroatoms. The Morgan fingerprint density at radius 2 is 2.00 bits per heavy atom. The molecule has 2 N–H and O–H groups in total. The van der Waals surface area contributed by atoms with Crippen molar-refractivity contribution in [3.63, 3.8) is 0 Å². The number of nitrogens with zero attached hydrogens (tertiary/aromatic N) is 1. The van der Waals surface area contributed by atoms with Crippen LogP contribution in [0.5, 0.6) is 0 Å². The lowest BCUT2D eigenvalue weighted by Gasteiger charge is -2.12. The normalized spacial score (nSPS) is 14.4. The third kappa shape index (κ3) is 5.10. The third-order valence-electron chi connectivity index (χ3n) is 3.22. The van der Waals surface area contributed by atoms with Gasteiger partial charge in [-0.25, -0.2) is 9.59 Å². The molecule has 0 unspecified atom stereocenters. The summed E-state index contributed by atoms with van der Waals surface area (Å²) in [7, 11) is 0. The van der Waals surface area contributed by atoms with Gasteiger partial charge in [0.05, 0.1) is 5.56 Å². The number of carbonyl (C=O) groups is 3. The van der Waals surface area contributed by atoms with Gasteiger partial charge in [0.25, 0.3) is 5.91 Å². The molecule has 1 saturated carbocycles. The van der Waals surface area contributed by atoms with E-state index in [9.17, 15) is 14.4 Å². The van der Waals surface area contributed by atoms with Crippen LogP contribution in [-0.2, 0) is 9.53 Å². The number of ether oxygens (including phenoxy) is 1. The van der Waals surface area contributed by atoms with Crippen LogP contribution in [0.3, 0.4) is 0 Å². The predicted octanol–water partition coefficient (Wildman–Crippen LogP) is 1.77. The molecule has 0 bridgehead atoms. The zero-order chi connectivity index (χ0) is 15.9. The Morgan fingerprint density at radius 3 is 2.68 bits per heavy atom. The molecule has 0 aromatic carbocycles. The molecular weight excluding hydrogens is 354 g/mol. The van der Waals surface area contributed by atoms with Crippen LogP contribution in [0.25, 0.3) is 0 Å². The minimum Gasteiger partial charge on any atom is -0.452 e. The van der Waals surface area contributed by atoms with Crippen molar-refractivity contribution in [1.29, 1.82) is 0 Å². The minimum atomic E-state index is -0.680. The Hall–Kier alpha value is -1.96. The van der Waals surface area contributed by atoms with Gasteiger partial charge in [0.1, 0.15) is 0 Å². The highest BCUT2D eigenvalue weighted by atomic mass is 79.9. The van der Waals surface area contributed by atoms with Crippen molar-refractivity contribution in [3.05, 3.63) is 28.5 Å². The van der Waals surface area contributed by atoms with Gasteiger partial charge < -0.3 is 10.1 Å². The van der Waals surface area contributed by atoms with E-state index < -0.39 is 24.5 Å². The minimum absolute atomic E-state index is 0.114. The standard InChI is InChI=1S/C14H16BrN3O4/c15-10-5-9(6-16-7-10)13(20)22-8-12(19)18-14(21)17-11-3-1-2-4-11/h5-7,11H,1-4,8H2,(H2,17,18,19,21). The smallest absolute Gasteiger partial charge is 0.340 e. The zero-order valence-corrected chi connectivity index (χ0v) is 13.4. The van der Waals surface area contributed by atoms with Crippen molar-refractivity contribution in [1.82, 2.24) is 15.6 Å². The lowest BCUT2D eigenvalue weighted by Crippen LogP contribution is -2.44. The van der Waals surface area contributed by atoms with Gasteiger partial charge in [-0.2, -0.15) is 0 Å². The topological polar surface area (TPSA) is 97.4 Å². The lowest BCUT2D eigenvalue weighted by molar-refractivity contribution is -0.123. The summed E-state index contributed by atoms with van der Waals surface area (Å²) >= 11 is 3.18. The molecule has 0 radical (unpaired) electrons. The van der Waals surface area contributed by atoms with Gasteiger partial charge in [0.15, 0.2) is 6.61 Å². The van der Waals surface area contributed by atoms with Gasteiger partial charge in [-0.05, 0) is 34.8 Å². The van der Waals surface area contributed by atoms with Gasteiger partial charge in [0, 0.05) is 22.9 Å². The van der Waals surface area contributed by atoms with Crippen molar-refractivity contribution in [2.24, 2.45) is 0 Å². The Morgan fingerprint density at radius 1 is 1.27 bits per heavy atom. The van der Waals surface area contributed by atoms with Gasteiger partial charge in [-0.15, -0.1) is 0 Å². The summed E-state index contributed by atoms with van der Waals surface area (Å²) in [6.45, 7) is -0.524. The second kappa shape index (κ2) is 7.88. The summed E-state index contributed by atoms with van der Waals surface area (Å²) in [5.41, 5.74) is 0.220. The van der Waals surface area contributed by atoms with Crippen LogP contribution >= 0.6 is 15.9 Å². The first-order valence-corrected chi connectivity index (χ1v) is 7.72. The average molecular weight is 370 g/mol. The van der Waals surface area contributed by atoms with E-state index in [0.29, 0.717) is 4.47 Å². The number of pyridine rings is 1. The largest absolute Gasteiger partial charge is 0.452 e. The molecule has 1 heterocycles. The summed E-state index contributed by atoms with van der Waals surface area (Å²) in [6.07, 6.45) is 6.86. The van der Waals surface area contributed by atoms with Crippen molar-refractivity contribution in [3.8, 4) is 0 Å². The molecule has 1 aromatic heterocycles. The molecule has 1 aliphatic rings. The van der Waals surface area contributed by atoms with E-state index >= 15 is 0 Å². The van der Waals surface area contributed by atoms with Crippen molar-refractivity contribution in [2.45, 2.75) is 31.7 Å². The molecule has 0 aliphatic heterocycles. The Bertz CT molecular complexity index is 573. The maximum absolute atomic E-state index is 11.7. The molecule has 0 saturated heterocycles. The van der Waals surface area contributed by atoms with Crippen molar-refractivity contribution >= 4 is 33.8 Å². The molecule has 1 aromatic rings. The van der Waals surface area contributed by atoms with Gasteiger partial charge in [0.2, 0.25) is 0 Å². The highest BCUT2D eigenvalue weighted by Gasteiger charge is 2.18. The average Bonchev–Trinajstić information content (AvgIpc) is 2.97. The first-order chi connectivity index (χ1) is 10.5. The van der Waals surface area contributed by atoms with Crippen LogP contribution in [0.15, 0.2) is 22.9 Å². The monoisotopic (exact) mass is 369 g/mol. The molecule has 0 atom stereocenters. The number of amides is 3. The molecule has 3 amide bonds. The second-order valence-electron chi connectivity index (χ2n) is 4.97. The van der Waals surface area contributed by atoms with Crippen LogP contribution in [0.2, 0.25) is 0 Å². The molecule has 1 fully saturated rings. The molecule has 0 spiro atoms. The Kier molecular flexibility index (Phi) is 5.88. The summed E-state index contributed by atoms with van der Waals surface area (Å²) in [4.78, 5) is 38.7. The molecule has 7 nitrogen and oxygen atoms in total. The highest BCUT2D eigenvalue weighted by Crippen LogP contribution is 2.17. The van der Waals surface area contributed by atoms with E-state index in [1.807, 2.05) is 0 Å². The maximum Gasteiger partial charge on any atom is 0.340 e. The summed E-state index contributed by atoms with van der Waals surface area (Å²) in [6, 6.07) is 1.08. The summed E-state index contributed by atoms with van der Waals surface area (Å²) in [5.74, 6) is -1.35. The number of esters is 1. The number of carbonyl (C=O) groups excluding carboxylic acids is 3. The number of aromatic nitrogens is 1. The van der Waals surface area contributed by atoms with Crippen LogP contribution in [0, 0.1) is 0 Å². The first-order valence-electron chi connectivity index (χ1n) is 6.92. The van der Waals surface area contributed by atoms with E-state index in [1.54, 1.807) is 0 Å². The molecule has 2 rings (SSSR count). The summed E-state index contributed by atoms with van der Waals surface area (Å²) in [5, 5.41) is 4.84. The fraction of sp³-hybridized carbons (Fsp3) is 0.429. The Balaban J connectivity index is 1.72. The number of nitrogens with one attached hydrogen (secondary N) is 2. The van der Waals surface area contributed by atoms with E-state index in [4.69, 9.17) is 4.74 Å². The SMILES string of the molecule is O=C(COC(=O)c1cncc(Br)c1)NC(=O)NC1CCCC1. The lowest BCUT2D eigenvalue weighted by atomic mass is 10.2. The number of hydrogen-bond acceptors (Lipinski definition) is 5.